The quantitative estimate of drug-likeness (QED) is 0.514. The van der Waals surface area contributed by atoms with E-state index in [0.717, 1.165) is 22.3 Å². The zero-order valence-corrected chi connectivity index (χ0v) is 19.3. The number of carbonyl (C=O) groups is 3. The highest BCUT2D eigenvalue weighted by molar-refractivity contribution is 5.92. The molecule has 1 aromatic heterocycles. The number of likely N-dealkylation sites (tertiary alicyclic amines) is 1. The van der Waals surface area contributed by atoms with Crippen molar-refractivity contribution >= 4 is 23.9 Å². The molecule has 5 rings (SSSR count). The summed E-state index contributed by atoms with van der Waals surface area (Å²) in [5.74, 6) is -1.91. The molecule has 3 N–H and O–H groups in total. The number of carboxylic acid groups (broad SMARTS) is 1. The fourth-order valence-electron chi connectivity index (χ4n) is 4.87. The molecule has 2 heterocycles. The van der Waals surface area contributed by atoms with Crippen LogP contribution in [0.3, 0.4) is 0 Å². The number of hydrogen-bond donors (Lipinski definition) is 3. The smallest absolute Gasteiger partial charge is 0.414 e. The highest BCUT2D eigenvalue weighted by Crippen LogP contribution is 2.44. The van der Waals surface area contributed by atoms with E-state index in [2.05, 4.69) is 32.6 Å². The van der Waals surface area contributed by atoms with Gasteiger partial charge >= 0.3 is 12.1 Å². The fourth-order valence-corrected chi connectivity index (χ4v) is 4.87. The summed E-state index contributed by atoms with van der Waals surface area (Å²) in [6.07, 6.45) is -0.738. The Labute approximate surface area is 201 Å². The molecule has 3 aromatic rings. The zero-order chi connectivity index (χ0) is 24.7. The molecule has 10 nitrogen and oxygen atoms in total. The third-order valence-electron chi connectivity index (χ3n) is 7.12. The number of anilines is 1. The third-order valence-corrected chi connectivity index (χ3v) is 7.12. The number of fused-ring (bicyclic) bond motifs is 3. The van der Waals surface area contributed by atoms with Gasteiger partial charge in [-0.15, -0.1) is 5.10 Å². The Kier molecular flexibility index (Phi) is 5.50. The Morgan fingerprint density at radius 1 is 1.14 bits per heavy atom. The molecular formula is C25H25N5O5. The van der Waals surface area contributed by atoms with Crippen molar-refractivity contribution in [2.75, 3.05) is 25.0 Å². The number of rotatable bonds is 5. The lowest BCUT2D eigenvalue weighted by molar-refractivity contribution is -0.148. The number of aromatic nitrogens is 3. The Bertz CT molecular complexity index is 1280. The minimum atomic E-state index is -1.03. The summed E-state index contributed by atoms with van der Waals surface area (Å²) in [6.45, 7) is 3.91. The lowest BCUT2D eigenvalue weighted by atomic mass is 9.81. The lowest BCUT2D eigenvalue weighted by Gasteiger charge is -2.22. The van der Waals surface area contributed by atoms with Gasteiger partial charge in [-0.2, -0.15) is 4.98 Å². The number of nitrogens with one attached hydrogen (secondary N) is 2. The van der Waals surface area contributed by atoms with E-state index in [0.29, 0.717) is 0 Å². The van der Waals surface area contributed by atoms with Crippen molar-refractivity contribution in [2.45, 2.75) is 19.8 Å². The maximum atomic E-state index is 12.8. The van der Waals surface area contributed by atoms with E-state index >= 15 is 0 Å². The predicted octanol–water partition coefficient (Wildman–Crippen LogP) is 3.35. The molecule has 2 amide bonds. The van der Waals surface area contributed by atoms with Crippen molar-refractivity contribution in [3.8, 4) is 11.1 Å². The third kappa shape index (κ3) is 3.90. The van der Waals surface area contributed by atoms with Crippen LogP contribution in [0.25, 0.3) is 11.1 Å². The van der Waals surface area contributed by atoms with Gasteiger partial charge in [0.25, 0.3) is 11.9 Å². The predicted molar refractivity (Wildman–Crippen MR) is 126 cm³/mol. The molecule has 2 aliphatic rings. The molecule has 2 atom stereocenters. The minimum absolute atomic E-state index is 0.0676. The Morgan fingerprint density at radius 2 is 1.77 bits per heavy atom. The summed E-state index contributed by atoms with van der Waals surface area (Å²) in [6, 6.07) is 16.1. The first-order chi connectivity index (χ1) is 16.8. The van der Waals surface area contributed by atoms with E-state index in [9.17, 15) is 19.5 Å². The summed E-state index contributed by atoms with van der Waals surface area (Å²) in [5.41, 5.74) is 3.42. The Balaban J connectivity index is 1.21. The van der Waals surface area contributed by atoms with E-state index in [-0.39, 0.29) is 43.3 Å². The van der Waals surface area contributed by atoms with Gasteiger partial charge in [0, 0.05) is 19.0 Å². The average Bonchev–Trinajstić information content (AvgIpc) is 3.52. The first-order valence-corrected chi connectivity index (χ1v) is 11.3. The van der Waals surface area contributed by atoms with Gasteiger partial charge in [0.15, 0.2) is 0 Å². The van der Waals surface area contributed by atoms with Crippen LogP contribution in [-0.2, 0) is 9.53 Å². The zero-order valence-electron chi connectivity index (χ0n) is 19.3. The molecule has 35 heavy (non-hydrogen) atoms. The summed E-state index contributed by atoms with van der Waals surface area (Å²) in [7, 11) is 0. The molecule has 0 radical (unpaired) electrons. The molecule has 0 bridgehead atoms. The van der Waals surface area contributed by atoms with Crippen LogP contribution in [-0.4, -0.2) is 62.9 Å². The van der Waals surface area contributed by atoms with Gasteiger partial charge in [-0.3, -0.25) is 20.0 Å². The largest absolute Gasteiger partial charge is 0.481 e. The monoisotopic (exact) mass is 475 g/mol. The van der Waals surface area contributed by atoms with Crippen molar-refractivity contribution < 1.29 is 24.2 Å². The van der Waals surface area contributed by atoms with Gasteiger partial charge < -0.3 is 14.7 Å². The Hall–Kier alpha value is -4.21. The summed E-state index contributed by atoms with van der Waals surface area (Å²) in [4.78, 5) is 42.3. The van der Waals surface area contributed by atoms with Gasteiger partial charge in [0.1, 0.15) is 6.61 Å². The SMILES string of the molecule is C[C@@H]1CN(C(=O)c2nc(NC(=O)OCC3c4ccccc4-c4ccccc43)n[nH]2)C[C@@]1(C)C(=O)O. The number of carbonyl (C=O) groups excluding carboxylic acids is 2. The van der Waals surface area contributed by atoms with Crippen molar-refractivity contribution in [1.82, 2.24) is 20.1 Å². The van der Waals surface area contributed by atoms with Gasteiger partial charge in [-0.25, -0.2) is 4.79 Å². The number of nitrogens with zero attached hydrogens (tertiary/aromatic N) is 3. The van der Waals surface area contributed by atoms with Crippen LogP contribution in [0.4, 0.5) is 10.7 Å². The molecule has 180 valence electrons. The van der Waals surface area contributed by atoms with E-state index in [1.54, 1.807) is 13.8 Å². The van der Waals surface area contributed by atoms with E-state index < -0.39 is 23.4 Å². The van der Waals surface area contributed by atoms with Gasteiger partial charge in [-0.05, 0) is 35.1 Å². The maximum Gasteiger partial charge on any atom is 0.414 e. The van der Waals surface area contributed by atoms with Crippen LogP contribution in [0.5, 0.6) is 0 Å². The molecule has 2 aromatic carbocycles. The van der Waals surface area contributed by atoms with Crippen molar-refractivity contribution in [2.24, 2.45) is 11.3 Å². The summed E-state index contributed by atoms with van der Waals surface area (Å²) < 4.78 is 5.48. The van der Waals surface area contributed by atoms with Crippen LogP contribution >= 0.6 is 0 Å². The lowest BCUT2D eigenvalue weighted by Crippen LogP contribution is -2.36. The summed E-state index contributed by atoms with van der Waals surface area (Å²) >= 11 is 0. The van der Waals surface area contributed by atoms with Crippen LogP contribution in [0.2, 0.25) is 0 Å². The highest BCUT2D eigenvalue weighted by atomic mass is 16.5. The second-order valence-electron chi connectivity index (χ2n) is 9.27. The number of benzene rings is 2. The van der Waals surface area contributed by atoms with Gasteiger partial charge in [0.05, 0.1) is 5.41 Å². The molecular weight excluding hydrogens is 450 g/mol. The highest BCUT2D eigenvalue weighted by Gasteiger charge is 2.48. The van der Waals surface area contributed by atoms with Crippen molar-refractivity contribution in [1.29, 1.82) is 0 Å². The number of hydrogen-bond acceptors (Lipinski definition) is 6. The summed E-state index contributed by atoms with van der Waals surface area (Å²) in [5, 5.41) is 18.4. The standard InChI is InChI=1S/C25H25N5O5/c1-14-11-30(13-25(14,2)22(32)33)21(31)20-26-23(29-28-20)27-24(34)35-12-19-17-9-5-3-7-15(17)16-8-4-6-10-18(16)19/h3-10,14,19H,11-13H2,1-2H3,(H,32,33)(H2,26,27,28,29,34)/t14-,25-/m1/s1. The topological polar surface area (TPSA) is 138 Å². The van der Waals surface area contributed by atoms with Crippen LogP contribution in [0, 0.1) is 11.3 Å². The molecule has 10 heteroatoms. The Morgan fingerprint density at radius 3 is 2.37 bits per heavy atom. The number of aliphatic carboxylic acids is 1. The van der Waals surface area contributed by atoms with Crippen LogP contribution in [0.15, 0.2) is 48.5 Å². The number of amides is 2. The molecule has 0 spiro atoms. The molecule has 1 saturated heterocycles. The van der Waals surface area contributed by atoms with Crippen molar-refractivity contribution in [3.05, 3.63) is 65.5 Å². The van der Waals surface area contributed by atoms with E-state index in [4.69, 9.17) is 4.74 Å². The second kappa shape index (κ2) is 8.53. The number of H-pyrrole nitrogens is 1. The number of ether oxygens (including phenoxy) is 1. The average molecular weight is 476 g/mol. The van der Waals surface area contributed by atoms with Crippen LogP contribution < -0.4 is 5.32 Å². The fraction of sp³-hybridized carbons (Fsp3) is 0.320. The second-order valence-corrected chi connectivity index (χ2v) is 9.27. The van der Waals surface area contributed by atoms with Gasteiger partial charge in [-0.1, -0.05) is 55.5 Å². The molecule has 1 fully saturated rings. The molecule has 1 aliphatic heterocycles. The molecule has 1 aliphatic carbocycles. The molecule has 0 saturated carbocycles. The minimum Gasteiger partial charge on any atom is -0.481 e. The first kappa shape index (κ1) is 22.6. The number of carboxylic acids is 1. The van der Waals surface area contributed by atoms with Crippen molar-refractivity contribution in [3.63, 3.8) is 0 Å². The van der Waals surface area contributed by atoms with Gasteiger partial charge in [0.2, 0.25) is 5.82 Å². The van der Waals surface area contributed by atoms with Crippen LogP contribution in [0.1, 0.15) is 41.5 Å². The first-order valence-electron chi connectivity index (χ1n) is 11.3. The number of aromatic amines is 1. The molecule has 0 unspecified atom stereocenters. The maximum absolute atomic E-state index is 12.8. The van der Waals surface area contributed by atoms with E-state index in [1.807, 2.05) is 36.4 Å². The van der Waals surface area contributed by atoms with E-state index in [1.165, 1.54) is 4.90 Å². The normalized spacial score (nSPS) is 20.9.